The SMILES string of the molecule is CN1CCN(c2nccnc2Oc2nccnc2N2CCN(C)CC2)CC1. The van der Waals surface area contributed by atoms with Gasteiger partial charge in [-0.15, -0.1) is 0 Å². The Labute approximate surface area is 159 Å². The maximum absolute atomic E-state index is 6.14. The van der Waals surface area contributed by atoms with Gasteiger partial charge in [-0.1, -0.05) is 0 Å². The van der Waals surface area contributed by atoms with Crippen molar-refractivity contribution >= 4 is 11.6 Å². The van der Waals surface area contributed by atoms with Crippen molar-refractivity contribution in [2.24, 2.45) is 0 Å². The van der Waals surface area contributed by atoms with Gasteiger partial charge in [0.05, 0.1) is 0 Å². The van der Waals surface area contributed by atoms with E-state index in [1.165, 1.54) is 0 Å². The van der Waals surface area contributed by atoms with Crippen LogP contribution in [0.15, 0.2) is 24.8 Å². The minimum Gasteiger partial charge on any atom is -0.413 e. The lowest BCUT2D eigenvalue weighted by molar-refractivity contribution is 0.308. The molecule has 2 saturated heterocycles. The Kier molecular flexibility index (Phi) is 5.30. The van der Waals surface area contributed by atoms with E-state index in [4.69, 9.17) is 4.74 Å². The van der Waals surface area contributed by atoms with E-state index in [0.29, 0.717) is 11.8 Å². The molecule has 0 radical (unpaired) electrons. The van der Waals surface area contributed by atoms with Crippen molar-refractivity contribution < 1.29 is 4.74 Å². The number of aromatic nitrogens is 4. The Balaban J connectivity index is 1.57. The first kappa shape index (κ1) is 17.9. The molecule has 0 spiro atoms. The molecule has 4 rings (SSSR count). The van der Waals surface area contributed by atoms with E-state index in [9.17, 15) is 0 Å². The Hall–Kier alpha value is -2.52. The molecular formula is C18H26N8O. The Bertz CT molecular complexity index is 693. The summed E-state index contributed by atoms with van der Waals surface area (Å²) >= 11 is 0. The van der Waals surface area contributed by atoms with Crippen LogP contribution in [0.25, 0.3) is 0 Å². The van der Waals surface area contributed by atoms with E-state index in [-0.39, 0.29) is 0 Å². The second-order valence-electron chi connectivity index (χ2n) is 7.05. The third kappa shape index (κ3) is 4.09. The molecule has 2 aromatic heterocycles. The van der Waals surface area contributed by atoms with Crippen molar-refractivity contribution in [3.8, 4) is 11.8 Å². The van der Waals surface area contributed by atoms with Crippen LogP contribution >= 0.6 is 0 Å². The number of rotatable bonds is 4. The number of hydrogen-bond acceptors (Lipinski definition) is 9. The minimum absolute atomic E-state index is 0.484. The highest BCUT2D eigenvalue weighted by atomic mass is 16.5. The van der Waals surface area contributed by atoms with E-state index in [1.54, 1.807) is 24.8 Å². The molecule has 0 saturated carbocycles. The Morgan fingerprint density at radius 1 is 0.593 bits per heavy atom. The van der Waals surface area contributed by atoms with E-state index in [1.807, 2.05) is 0 Å². The lowest BCUT2D eigenvalue weighted by Crippen LogP contribution is -2.45. The summed E-state index contributed by atoms with van der Waals surface area (Å²) in [5.41, 5.74) is 0. The summed E-state index contributed by atoms with van der Waals surface area (Å²) in [5, 5.41) is 0. The van der Waals surface area contributed by atoms with E-state index in [2.05, 4.69) is 53.6 Å². The van der Waals surface area contributed by atoms with E-state index < -0.39 is 0 Å². The van der Waals surface area contributed by atoms with Crippen molar-refractivity contribution in [3.63, 3.8) is 0 Å². The summed E-state index contributed by atoms with van der Waals surface area (Å²) in [7, 11) is 4.26. The summed E-state index contributed by atoms with van der Waals surface area (Å²) in [6.45, 7) is 7.58. The van der Waals surface area contributed by atoms with Gasteiger partial charge in [-0.05, 0) is 14.1 Å². The molecule has 2 aliphatic heterocycles. The number of ether oxygens (including phenoxy) is 1. The fourth-order valence-corrected chi connectivity index (χ4v) is 3.34. The van der Waals surface area contributed by atoms with Gasteiger partial charge in [0.1, 0.15) is 0 Å². The molecule has 2 fully saturated rings. The molecule has 0 N–H and O–H groups in total. The molecule has 9 heteroatoms. The lowest BCUT2D eigenvalue weighted by atomic mass is 10.3. The van der Waals surface area contributed by atoms with Gasteiger partial charge in [0.2, 0.25) is 0 Å². The number of nitrogens with zero attached hydrogens (tertiary/aromatic N) is 8. The fraction of sp³-hybridized carbons (Fsp3) is 0.556. The molecule has 0 amide bonds. The van der Waals surface area contributed by atoms with Crippen molar-refractivity contribution in [2.45, 2.75) is 0 Å². The summed E-state index contributed by atoms with van der Waals surface area (Å²) < 4.78 is 6.14. The highest BCUT2D eigenvalue weighted by Crippen LogP contribution is 2.32. The zero-order valence-electron chi connectivity index (χ0n) is 16.0. The highest BCUT2D eigenvalue weighted by Gasteiger charge is 2.24. The van der Waals surface area contributed by atoms with Gasteiger partial charge >= 0.3 is 0 Å². The van der Waals surface area contributed by atoms with Crippen LogP contribution in [0.2, 0.25) is 0 Å². The van der Waals surface area contributed by atoms with Gasteiger partial charge in [-0.2, -0.15) is 0 Å². The Morgan fingerprint density at radius 2 is 0.963 bits per heavy atom. The molecule has 0 aliphatic carbocycles. The summed E-state index contributed by atoms with van der Waals surface area (Å²) in [5.74, 6) is 2.50. The van der Waals surface area contributed by atoms with Crippen molar-refractivity contribution in [3.05, 3.63) is 24.8 Å². The van der Waals surface area contributed by atoms with Crippen LogP contribution in [0.3, 0.4) is 0 Å². The summed E-state index contributed by atoms with van der Waals surface area (Å²) in [4.78, 5) is 27.0. The number of piperazine rings is 2. The molecular weight excluding hydrogens is 344 g/mol. The maximum atomic E-state index is 6.14. The second kappa shape index (κ2) is 8.01. The minimum atomic E-state index is 0.484. The summed E-state index contributed by atoms with van der Waals surface area (Å²) in [6.07, 6.45) is 6.72. The molecule has 27 heavy (non-hydrogen) atoms. The first-order valence-electron chi connectivity index (χ1n) is 9.37. The average Bonchev–Trinajstić information content (AvgIpc) is 2.70. The first-order valence-corrected chi connectivity index (χ1v) is 9.37. The zero-order chi connectivity index (χ0) is 18.6. The van der Waals surface area contributed by atoms with Gasteiger partial charge in [0.15, 0.2) is 11.6 Å². The van der Waals surface area contributed by atoms with Crippen LogP contribution in [0.4, 0.5) is 11.6 Å². The van der Waals surface area contributed by atoms with Crippen LogP contribution in [0.5, 0.6) is 11.8 Å². The van der Waals surface area contributed by atoms with Crippen LogP contribution in [0.1, 0.15) is 0 Å². The smallest absolute Gasteiger partial charge is 0.264 e. The van der Waals surface area contributed by atoms with Crippen molar-refractivity contribution in [1.82, 2.24) is 29.7 Å². The zero-order valence-corrected chi connectivity index (χ0v) is 16.0. The monoisotopic (exact) mass is 370 g/mol. The van der Waals surface area contributed by atoms with Crippen LogP contribution in [0, 0.1) is 0 Å². The standard InChI is InChI=1S/C18H26N8O/c1-23-7-11-25(12-8-23)15-17(21-5-3-19-15)27-18-16(20-4-6-22-18)26-13-9-24(2)10-14-26/h3-6H,7-14H2,1-2H3. The quantitative estimate of drug-likeness (QED) is 0.767. The van der Waals surface area contributed by atoms with Crippen molar-refractivity contribution in [1.29, 1.82) is 0 Å². The van der Waals surface area contributed by atoms with E-state index in [0.717, 1.165) is 64.0 Å². The Morgan fingerprint density at radius 3 is 1.37 bits per heavy atom. The van der Waals surface area contributed by atoms with Crippen molar-refractivity contribution in [2.75, 3.05) is 76.3 Å². The normalized spacial score (nSPS) is 19.3. The predicted octanol–water partition coefficient (Wildman–Crippen LogP) is 0.563. The fourth-order valence-electron chi connectivity index (χ4n) is 3.34. The molecule has 0 aromatic carbocycles. The molecule has 0 unspecified atom stereocenters. The maximum Gasteiger partial charge on any atom is 0.264 e. The highest BCUT2D eigenvalue weighted by molar-refractivity contribution is 5.54. The summed E-state index contributed by atoms with van der Waals surface area (Å²) in [6, 6.07) is 0. The lowest BCUT2D eigenvalue weighted by Gasteiger charge is -2.34. The molecule has 0 atom stereocenters. The number of anilines is 2. The van der Waals surface area contributed by atoms with E-state index >= 15 is 0 Å². The largest absolute Gasteiger partial charge is 0.413 e. The molecule has 2 aliphatic rings. The second-order valence-corrected chi connectivity index (χ2v) is 7.05. The van der Waals surface area contributed by atoms with Gasteiger partial charge in [0, 0.05) is 77.1 Å². The molecule has 0 bridgehead atoms. The van der Waals surface area contributed by atoms with Crippen LogP contribution in [-0.4, -0.2) is 96.2 Å². The molecule has 4 heterocycles. The molecule has 2 aromatic rings. The van der Waals surface area contributed by atoms with Gasteiger partial charge < -0.3 is 24.3 Å². The first-order chi connectivity index (χ1) is 13.2. The predicted molar refractivity (Wildman–Crippen MR) is 104 cm³/mol. The average molecular weight is 370 g/mol. The topological polar surface area (TPSA) is 73.8 Å². The third-order valence-electron chi connectivity index (χ3n) is 5.09. The number of hydrogen-bond donors (Lipinski definition) is 0. The van der Waals surface area contributed by atoms with Gasteiger partial charge in [0.25, 0.3) is 11.8 Å². The van der Waals surface area contributed by atoms with Gasteiger partial charge in [-0.25, -0.2) is 19.9 Å². The van der Waals surface area contributed by atoms with Gasteiger partial charge in [-0.3, -0.25) is 0 Å². The third-order valence-corrected chi connectivity index (χ3v) is 5.09. The molecule has 9 nitrogen and oxygen atoms in total. The number of likely N-dealkylation sites (N-methyl/N-ethyl adjacent to an activating group) is 2. The van der Waals surface area contributed by atoms with Crippen LogP contribution < -0.4 is 14.5 Å². The molecule has 144 valence electrons. The van der Waals surface area contributed by atoms with Crippen LogP contribution in [-0.2, 0) is 0 Å².